The SMILES string of the molecule is CC(C)C1CCC(C(NN)c2ccc(F)cc2)CC1. The second-order valence-electron chi connectivity index (χ2n) is 6.11. The predicted molar refractivity (Wildman–Crippen MR) is 76.8 cm³/mol. The summed E-state index contributed by atoms with van der Waals surface area (Å²) in [6, 6.07) is 6.86. The largest absolute Gasteiger partial charge is 0.271 e. The molecule has 3 heteroatoms. The molecule has 1 atom stereocenters. The molecule has 19 heavy (non-hydrogen) atoms. The Hall–Kier alpha value is -0.930. The van der Waals surface area contributed by atoms with Crippen LogP contribution in [-0.2, 0) is 0 Å². The highest BCUT2D eigenvalue weighted by atomic mass is 19.1. The van der Waals surface area contributed by atoms with Crippen LogP contribution in [0.4, 0.5) is 4.39 Å². The molecule has 0 radical (unpaired) electrons. The molecule has 0 spiro atoms. The van der Waals surface area contributed by atoms with Crippen LogP contribution in [0.15, 0.2) is 24.3 Å². The van der Waals surface area contributed by atoms with Crippen LogP contribution < -0.4 is 11.3 Å². The Morgan fingerprint density at radius 2 is 1.58 bits per heavy atom. The van der Waals surface area contributed by atoms with Gasteiger partial charge in [0.1, 0.15) is 5.82 Å². The van der Waals surface area contributed by atoms with Gasteiger partial charge in [0, 0.05) is 6.04 Å². The lowest BCUT2D eigenvalue weighted by Gasteiger charge is -2.35. The summed E-state index contributed by atoms with van der Waals surface area (Å²) in [6.07, 6.45) is 4.97. The molecule has 1 aromatic carbocycles. The van der Waals surface area contributed by atoms with Crippen LogP contribution in [0.5, 0.6) is 0 Å². The van der Waals surface area contributed by atoms with Gasteiger partial charge in [-0.05, 0) is 61.1 Å². The van der Waals surface area contributed by atoms with E-state index >= 15 is 0 Å². The molecule has 0 aliphatic heterocycles. The molecule has 1 unspecified atom stereocenters. The average molecular weight is 264 g/mol. The lowest BCUT2D eigenvalue weighted by Crippen LogP contribution is -2.35. The number of hydrogen-bond donors (Lipinski definition) is 2. The van der Waals surface area contributed by atoms with E-state index in [4.69, 9.17) is 5.84 Å². The Bertz CT molecular complexity index is 380. The molecule has 1 aliphatic rings. The smallest absolute Gasteiger partial charge is 0.123 e. The average Bonchev–Trinajstić information content (AvgIpc) is 2.42. The molecule has 1 saturated carbocycles. The molecule has 0 heterocycles. The van der Waals surface area contributed by atoms with Crippen molar-refractivity contribution in [2.24, 2.45) is 23.6 Å². The number of nitrogens with two attached hydrogens (primary N) is 1. The van der Waals surface area contributed by atoms with Gasteiger partial charge in [-0.1, -0.05) is 26.0 Å². The van der Waals surface area contributed by atoms with Gasteiger partial charge in [0.15, 0.2) is 0 Å². The molecular weight excluding hydrogens is 239 g/mol. The standard InChI is InChI=1S/C16H25FN2/c1-11(2)12-3-5-13(6-4-12)16(19-18)14-7-9-15(17)10-8-14/h7-13,16,19H,3-6,18H2,1-2H3. The van der Waals surface area contributed by atoms with Gasteiger partial charge in [0.05, 0.1) is 0 Å². The lowest BCUT2D eigenvalue weighted by molar-refractivity contribution is 0.189. The molecule has 0 saturated heterocycles. The molecule has 3 N–H and O–H groups in total. The maximum atomic E-state index is 13.0. The van der Waals surface area contributed by atoms with E-state index in [2.05, 4.69) is 19.3 Å². The summed E-state index contributed by atoms with van der Waals surface area (Å²) >= 11 is 0. The Kier molecular flexibility index (Phi) is 4.94. The second-order valence-corrected chi connectivity index (χ2v) is 6.11. The number of hydrogen-bond acceptors (Lipinski definition) is 2. The third-order valence-electron chi connectivity index (χ3n) is 4.64. The van der Waals surface area contributed by atoms with E-state index in [0.717, 1.165) is 17.4 Å². The zero-order chi connectivity index (χ0) is 13.8. The fourth-order valence-corrected chi connectivity index (χ4v) is 3.32. The first-order valence-corrected chi connectivity index (χ1v) is 7.33. The monoisotopic (exact) mass is 264 g/mol. The number of halogens is 1. The number of hydrazine groups is 1. The quantitative estimate of drug-likeness (QED) is 0.641. The van der Waals surface area contributed by atoms with Crippen LogP contribution in [0.25, 0.3) is 0 Å². The summed E-state index contributed by atoms with van der Waals surface area (Å²) in [6.45, 7) is 4.62. The molecule has 0 amide bonds. The van der Waals surface area contributed by atoms with E-state index in [0.29, 0.717) is 5.92 Å². The first kappa shape index (κ1) is 14.5. The molecule has 1 fully saturated rings. The number of nitrogens with one attached hydrogen (secondary N) is 1. The third-order valence-corrected chi connectivity index (χ3v) is 4.64. The summed E-state index contributed by atoms with van der Waals surface area (Å²) in [4.78, 5) is 0. The highest BCUT2D eigenvalue weighted by Gasteiger charge is 2.29. The molecule has 2 nitrogen and oxygen atoms in total. The Balaban J connectivity index is 2.01. The summed E-state index contributed by atoms with van der Waals surface area (Å²) in [7, 11) is 0. The summed E-state index contributed by atoms with van der Waals surface area (Å²) in [5, 5.41) is 0. The maximum absolute atomic E-state index is 13.0. The molecule has 1 aromatic rings. The summed E-state index contributed by atoms with van der Waals surface area (Å²) in [5.74, 6) is 7.72. The number of benzene rings is 1. The van der Waals surface area contributed by atoms with Crippen molar-refractivity contribution in [2.45, 2.75) is 45.6 Å². The first-order chi connectivity index (χ1) is 9.11. The van der Waals surface area contributed by atoms with E-state index in [1.807, 2.05) is 12.1 Å². The fourth-order valence-electron chi connectivity index (χ4n) is 3.32. The summed E-state index contributed by atoms with van der Waals surface area (Å²) < 4.78 is 13.0. The van der Waals surface area contributed by atoms with Gasteiger partial charge >= 0.3 is 0 Å². The van der Waals surface area contributed by atoms with Crippen LogP contribution in [0, 0.1) is 23.6 Å². The van der Waals surface area contributed by atoms with Crippen molar-refractivity contribution in [3.05, 3.63) is 35.6 Å². The molecular formula is C16H25FN2. The zero-order valence-corrected chi connectivity index (χ0v) is 11.9. The van der Waals surface area contributed by atoms with E-state index in [1.54, 1.807) is 0 Å². The van der Waals surface area contributed by atoms with E-state index < -0.39 is 0 Å². The van der Waals surface area contributed by atoms with Gasteiger partial charge in [-0.3, -0.25) is 11.3 Å². The Labute approximate surface area is 115 Å². The van der Waals surface area contributed by atoms with E-state index in [-0.39, 0.29) is 11.9 Å². The minimum absolute atomic E-state index is 0.147. The van der Waals surface area contributed by atoms with Crippen LogP contribution in [0.2, 0.25) is 0 Å². The first-order valence-electron chi connectivity index (χ1n) is 7.33. The van der Waals surface area contributed by atoms with Crippen LogP contribution in [-0.4, -0.2) is 0 Å². The van der Waals surface area contributed by atoms with Gasteiger partial charge in [-0.15, -0.1) is 0 Å². The van der Waals surface area contributed by atoms with Gasteiger partial charge in [0.2, 0.25) is 0 Å². The van der Waals surface area contributed by atoms with Crippen LogP contribution >= 0.6 is 0 Å². The van der Waals surface area contributed by atoms with Crippen molar-refractivity contribution in [1.29, 1.82) is 0 Å². The lowest BCUT2D eigenvalue weighted by atomic mass is 9.73. The third kappa shape index (κ3) is 3.54. The molecule has 0 aromatic heterocycles. The van der Waals surface area contributed by atoms with Crippen molar-refractivity contribution in [2.75, 3.05) is 0 Å². The highest BCUT2D eigenvalue weighted by molar-refractivity contribution is 5.20. The van der Waals surface area contributed by atoms with Crippen LogP contribution in [0.3, 0.4) is 0 Å². The minimum Gasteiger partial charge on any atom is -0.271 e. The Morgan fingerprint density at radius 1 is 1.05 bits per heavy atom. The highest BCUT2D eigenvalue weighted by Crippen LogP contribution is 2.39. The van der Waals surface area contributed by atoms with Gasteiger partial charge in [-0.2, -0.15) is 0 Å². The zero-order valence-electron chi connectivity index (χ0n) is 11.9. The van der Waals surface area contributed by atoms with Gasteiger partial charge in [0.25, 0.3) is 0 Å². The molecule has 2 rings (SSSR count). The van der Waals surface area contributed by atoms with Gasteiger partial charge in [-0.25, -0.2) is 4.39 Å². The summed E-state index contributed by atoms with van der Waals surface area (Å²) in [5.41, 5.74) is 4.02. The molecule has 106 valence electrons. The van der Waals surface area contributed by atoms with Gasteiger partial charge < -0.3 is 0 Å². The Morgan fingerprint density at radius 3 is 2.05 bits per heavy atom. The van der Waals surface area contributed by atoms with E-state index in [9.17, 15) is 4.39 Å². The van der Waals surface area contributed by atoms with Crippen molar-refractivity contribution in [3.63, 3.8) is 0 Å². The topological polar surface area (TPSA) is 38.0 Å². The minimum atomic E-state index is -0.192. The maximum Gasteiger partial charge on any atom is 0.123 e. The molecule has 0 bridgehead atoms. The van der Waals surface area contributed by atoms with Crippen molar-refractivity contribution in [3.8, 4) is 0 Å². The second kappa shape index (κ2) is 6.49. The van der Waals surface area contributed by atoms with E-state index in [1.165, 1.54) is 37.8 Å². The van der Waals surface area contributed by atoms with Crippen molar-refractivity contribution >= 4 is 0 Å². The number of rotatable bonds is 4. The van der Waals surface area contributed by atoms with Crippen LogP contribution in [0.1, 0.15) is 51.1 Å². The predicted octanol–water partition coefficient (Wildman–Crippen LogP) is 3.79. The fraction of sp³-hybridized carbons (Fsp3) is 0.625. The van der Waals surface area contributed by atoms with Crippen molar-refractivity contribution < 1.29 is 4.39 Å². The molecule has 1 aliphatic carbocycles. The normalized spacial score (nSPS) is 25.5. The van der Waals surface area contributed by atoms with Crippen molar-refractivity contribution in [1.82, 2.24) is 5.43 Å².